The molecule has 2 amide bonds. The van der Waals surface area contributed by atoms with E-state index in [4.69, 9.17) is 0 Å². The van der Waals surface area contributed by atoms with Gasteiger partial charge in [0.05, 0.1) is 11.0 Å². The van der Waals surface area contributed by atoms with Gasteiger partial charge < -0.3 is 10.6 Å². The molecule has 0 saturated carbocycles. The van der Waals surface area contributed by atoms with Gasteiger partial charge in [0.1, 0.15) is 24.1 Å². The Morgan fingerprint density at radius 1 is 0.950 bits per heavy atom. The molecule has 1 fully saturated rings. The van der Waals surface area contributed by atoms with Crippen LogP contribution in [0.2, 0.25) is 0 Å². The SMILES string of the molecule is O=C(Cn1c(=O)n(-c2ccccn2)c2ccccc21)Nc1ccc2c(c1)CC1(C2)NC(c2cccnc2)NC1=O. The van der Waals surface area contributed by atoms with Gasteiger partial charge in [0.25, 0.3) is 0 Å². The van der Waals surface area contributed by atoms with Gasteiger partial charge in [-0.05, 0) is 53.6 Å². The number of carbonyl (C=O) groups excluding carboxylic acids is 2. The van der Waals surface area contributed by atoms with Crippen molar-refractivity contribution in [3.8, 4) is 5.82 Å². The number of nitrogens with zero attached hydrogens (tertiary/aromatic N) is 4. The van der Waals surface area contributed by atoms with Gasteiger partial charge in [0.15, 0.2) is 0 Å². The second kappa shape index (κ2) is 9.28. The van der Waals surface area contributed by atoms with Crippen LogP contribution in [-0.4, -0.2) is 36.5 Å². The summed E-state index contributed by atoms with van der Waals surface area (Å²) in [5.41, 5.74) is 3.80. The lowest BCUT2D eigenvalue weighted by Gasteiger charge is -2.21. The lowest BCUT2D eigenvalue weighted by molar-refractivity contribution is -0.124. The number of fused-ring (bicyclic) bond motifs is 2. The standard InChI is InChI=1S/C30H25N7O3/c38-26(18-36-23-7-1-2-8-24(23)37(29(36)40)25-9-3-4-13-32-25)33-22-11-10-19-15-30(16-21(19)14-22)28(39)34-27(35-30)20-6-5-12-31-17-20/h1-14,17,27,35H,15-16,18H2,(H,33,38)(H,34,39). The van der Waals surface area contributed by atoms with Gasteiger partial charge in [-0.15, -0.1) is 0 Å². The number of hydrogen-bond donors (Lipinski definition) is 3. The molecule has 40 heavy (non-hydrogen) atoms. The van der Waals surface area contributed by atoms with Crippen molar-refractivity contribution >= 4 is 28.5 Å². The zero-order valence-electron chi connectivity index (χ0n) is 21.4. The number of amides is 2. The number of hydrogen-bond acceptors (Lipinski definition) is 6. The predicted molar refractivity (Wildman–Crippen MR) is 149 cm³/mol. The second-order valence-electron chi connectivity index (χ2n) is 10.2. The number of aromatic nitrogens is 4. The molecular formula is C30H25N7O3. The van der Waals surface area contributed by atoms with Crippen LogP contribution in [0.1, 0.15) is 22.9 Å². The highest BCUT2D eigenvalue weighted by atomic mass is 16.2. The Bertz CT molecular complexity index is 1830. The van der Waals surface area contributed by atoms with Gasteiger partial charge in [-0.25, -0.2) is 14.3 Å². The quantitative estimate of drug-likeness (QED) is 0.320. The van der Waals surface area contributed by atoms with Gasteiger partial charge >= 0.3 is 5.69 Å². The molecule has 3 N–H and O–H groups in total. The number of rotatable bonds is 5. The van der Waals surface area contributed by atoms with Gasteiger partial charge in [0, 0.05) is 42.7 Å². The van der Waals surface area contributed by atoms with Gasteiger partial charge in [0.2, 0.25) is 11.8 Å². The fourth-order valence-corrected chi connectivity index (χ4v) is 5.79. The maximum atomic E-state index is 13.4. The summed E-state index contributed by atoms with van der Waals surface area (Å²) >= 11 is 0. The van der Waals surface area contributed by atoms with Crippen LogP contribution in [0, 0.1) is 0 Å². The van der Waals surface area contributed by atoms with Gasteiger partial charge in [-0.3, -0.25) is 24.5 Å². The van der Waals surface area contributed by atoms with Crippen molar-refractivity contribution < 1.29 is 9.59 Å². The van der Waals surface area contributed by atoms with E-state index in [0.717, 1.165) is 16.7 Å². The highest BCUT2D eigenvalue weighted by Crippen LogP contribution is 2.36. The molecule has 3 aromatic heterocycles. The summed E-state index contributed by atoms with van der Waals surface area (Å²) in [6.07, 6.45) is 5.83. The summed E-state index contributed by atoms with van der Waals surface area (Å²) in [6, 6.07) is 22.2. The summed E-state index contributed by atoms with van der Waals surface area (Å²) in [5, 5.41) is 9.46. The van der Waals surface area contributed by atoms with Crippen LogP contribution in [0.25, 0.3) is 16.9 Å². The number of imidazole rings is 1. The van der Waals surface area contributed by atoms with E-state index in [1.54, 1.807) is 30.7 Å². The zero-order chi connectivity index (χ0) is 27.3. The largest absolute Gasteiger partial charge is 0.335 e. The molecular weight excluding hydrogens is 506 g/mol. The first-order valence-corrected chi connectivity index (χ1v) is 13.0. The molecule has 2 unspecified atom stereocenters. The predicted octanol–water partition coefficient (Wildman–Crippen LogP) is 2.48. The minimum atomic E-state index is -0.744. The Morgan fingerprint density at radius 3 is 2.58 bits per heavy atom. The molecule has 0 radical (unpaired) electrons. The lowest BCUT2D eigenvalue weighted by atomic mass is 9.96. The molecule has 0 bridgehead atoms. The fourth-order valence-electron chi connectivity index (χ4n) is 5.79. The topological polar surface area (TPSA) is 123 Å². The molecule has 1 saturated heterocycles. The Hall–Kier alpha value is -5.09. The molecule has 4 heterocycles. The molecule has 2 atom stereocenters. The summed E-state index contributed by atoms with van der Waals surface area (Å²) in [4.78, 5) is 48.1. The van der Waals surface area contributed by atoms with Crippen LogP contribution in [0.15, 0.2) is 96.2 Å². The minimum Gasteiger partial charge on any atom is -0.335 e. The average molecular weight is 532 g/mol. The number of nitrogens with one attached hydrogen (secondary N) is 3. The number of carbonyl (C=O) groups is 2. The van der Waals surface area contributed by atoms with Crippen molar-refractivity contribution in [3.63, 3.8) is 0 Å². The molecule has 10 heteroatoms. The van der Waals surface area contributed by atoms with E-state index in [1.807, 2.05) is 60.7 Å². The van der Waals surface area contributed by atoms with Gasteiger partial charge in [-0.1, -0.05) is 30.3 Å². The van der Waals surface area contributed by atoms with E-state index in [1.165, 1.54) is 9.13 Å². The van der Waals surface area contributed by atoms with Crippen molar-refractivity contribution in [1.82, 2.24) is 29.7 Å². The number of pyridine rings is 2. The van der Waals surface area contributed by atoms with Crippen LogP contribution in [-0.2, 0) is 29.0 Å². The van der Waals surface area contributed by atoms with Crippen LogP contribution in [0.3, 0.4) is 0 Å². The molecule has 1 aliphatic heterocycles. The summed E-state index contributed by atoms with van der Waals surface area (Å²) < 4.78 is 2.96. The van der Waals surface area contributed by atoms with Crippen molar-refractivity contribution in [1.29, 1.82) is 0 Å². The van der Waals surface area contributed by atoms with Crippen LogP contribution in [0.5, 0.6) is 0 Å². The second-order valence-corrected chi connectivity index (χ2v) is 10.2. The number of para-hydroxylation sites is 2. The fraction of sp³-hybridized carbons (Fsp3) is 0.167. The molecule has 1 aliphatic carbocycles. The third-order valence-electron chi connectivity index (χ3n) is 7.64. The van der Waals surface area contributed by atoms with E-state index in [0.29, 0.717) is 35.4 Å². The van der Waals surface area contributed by atoms with E-state index >= 15 is 0 Å². The molecule has 2 aliphatic rings. The Labute approximate surface area is 228 Å². The Kier molecular flexibility index (Phi) is 5.56. The van der Waals surface area contributed by atoms with Crippen molar-refractivity contribution in [3.05, 3.63) is 119 Å². The monoisotopic (exact) mass is 531 g/mol. The first kappa shape index (κ1) is 24.0. The summed E-state index contributed by atoms with van der Waals surface area (Å²) in [7, 11) is 0. The Morgan fingerprint density at radius 2 is 1.77 bits per heavy atom. The third kappa shape index (κ3) is 3.97. The van der Waals surface area contributed by atoms with Crippen LogP contribution >= 0.6 is 0 Å². The first-order valence-electron chi connectivity index (χ1n) is 13.0. The molecule has 10 nitrogen and oxygen atoms in total. The number of benzene rings is 2. The normalized spacial score (nSPS) is 19.6. The minimum absolute atomic E-state index is 0.0493. The lowest BCUT2D eigenvalue weighted by Crippen LogP contribution is -2.47. The zero-order valence-corrected chi connectivity index (χ0v) is 21.4. The van der Waals surface area contributed by atoms with Crippen LogP contribution in [0.4, 0.5) is 5.69 Å². The summed E-state index contributed by atoms with van der Waals surface area (Å²) in [6.45, 7) is -0.156. The van der Waals surface area contributed by atoms with E-state index in [9.17, 15) is 14.4 Å². The van der Waals surface area contributed by atoms with E-state index in [-0.39, 0.29) is 30.2 Å². The molecule has 2 aromatic carbocycles. The third-order valence-corrected chi connectivity index (χ3v) is 7.64. The van der Waals surface area contributed by atoms with Crippen LogP contribution < -0.4 is 21.6 Å². The molecule has 7 rings (SSSR count). The van der Waals surface area contributed by atoms with Crippen molar-refractivity contribution in [2.75, 3.05) is 5.32 Å². The molecule has 1 spiro atoms. The summed E-state index contributed by atoms with van der Waals surface area (Å²) in [5.74, 6) is 0.115. The molecule has 198 valence electrons. The van der Waals surface area contributed by atoms with Crippen molar-refractivity contribution in [2.24, 2.45) is 0 Å². The maximum Gasteiger partial charge on any atom is 0.335 e. The molecule has 5 aromatic rings. The average Bonchev–Trinajstić information content (AvgIpc) is 3.60. The van der Waals surface area contributed by atoms with E-state index < -0.39 is 5.54 Å². The first-order chi connectivity index (χ1) is 19.5. The number of anilines is 1. The Balaban J connectivity index is 1.11. The maximum absolute atomic E-state index is 13.4. The van der Waals surface area contributed by atoms with Crippen molar-refractivity contribution in [2.45, 2.75) is 31.1 Å². The smallest absolute Gasteiger partial charge is 0.335 e. The van der Waals surface area contributed by atoms with E-state index in [2.05, 4.69) is 25.9 Å². The highest BCUT2D eigenvalue weighted by Gasteiger charge is 2.50. The highest BCUT2D eigenvalue weighted by molar-refractivity contribution is 5.93. The van der Waals surface area contributed by atoms with Gasteiger partial charge in [-0.2, -0.15) is 0 Å².